The predicted octanol–water partition coefficient (Wildman–Crippen LogP) is 1.06. The predicted molar refractivity (Wildman–Crippen MR) is 70.2 cm³/mol. The van der Waals surface area contributed by atoms with Crippen LogP contribution in [-0.2, 0) is 0 Å². The summed E-state index contributed by atoms with van der Waals surface area (Å²) in [5, 5.41) is 22.4. The molecule has 0 radical (unpaired) electrons. The standard InChI is InChI=1S/C14H18N2O3/c17-12-5-9(6-13(18)7-12)14(19)16-4-3-10-1-2-11(8-16)15-10/h5-7,10-11,15,17-18H,1-4,8H2. The van der Waals surface area contributed by atoms with Gasteiger partial charge in [-0.3, -0.25) is 4.79 Å². The van der Waals surface area contributed by atoms with Crippen LogP contribution in [0.1, 0.15) is 29.6 Å². The molecule has 2 bridgehead atoms. The van der Waals surface area contributed by atoms with E-state index in [0.29, 0.717) is 24.2 Å². The molecule has 2 fully saturated rings. The first-order chi connectivity index (χ1) is 9.11. The molecule has 1 amide bonds. The smallest absolute Gasteiger partial charge is 0.254 e. The van der Waals surface area contributed by atoms with E-state index < -0.39 is 0 Å². The molecule has 3 rings (SSSR count). The van der Waals surface area contributed by atoms with Gasteiger partial charge in [0.25, 0.3) is 5.91 Å². The molecule has 2 aliphatic rings. The Balaban J connectivity index is 1.79. The first kappa shape index (κ1) is 12.3. The lowest BCUT2D eigenvalue weighted by molar-refractivity contribution is 0.0747. The van der Waals surface area contributed by atoms with E-state index in [0.717, 1.165) is 19.4 Å². The van der Waals surface area contributed by atoms with Crippen LogP contribution in [0.25, 0.3) is 0 Å². The van der Waals surface area contributed by atoms with Gasteiger partial charge >= 0.3 is 0 Å². The summed E-state index contributed by atoms with van der Waals surface area (Å²) in [5.41, 5.74) is 0.343. The summed E-state index contributed by atoms with van der Waals surface area (Å²) in [6.45, 7) is 1.43. The quantitative estimate of drug-likeness (QED) is 0.707. The lowest BCUT2D eigenvalue weighted by atomic mass is 10.1. The molecule has 2 unspecified atom stereocenters. The minimum atomic E-state index is -0.124. The van der Waals surface area contributed by atoms with Crippen LogP contribution >= 0.6 is 0 Å². The number of amides is 1. The Bertz CT molecular complexity index is 483. The zero-order valence-corrected chi connectivity index (χ0v) is 10.7. The fourth-order valence-corrected chi connectivity index (χ4v) is 3.03. The Labute approximate surface area is 111 Å². The van der Waals surface area contributed by atoms with Gasteiger partial charge in [-0.2, -0.15) is 0 Å². The molecule has 3 N–H and O–H groups in total. The largest absolute Gasteiger partial charge is 0.508 e. The van der Waals surface area contributed by atoms with Crippen LogP contribution in [0.5, 0.6) is 11.5 Å². The number of carbonyl (C=O) groups is 1. The van der Waals surface area contributed by atoms with Crippen molar-refractivity contribution in [1.29, 1.82) is 0 Å². The third kappa shape index (κ3) is 2.51. The Morgan fingerprint density at radius 2 is 1.79 bits per heavy atom. The monoisotopic (exact) mass is 262 g/mol. The Morgan fingerprint density at radius 3 is 2.53 bits per heavy atom. The van der Waals surface area contributed by atoms with Crippen LogP contribution in [0.3, 0.4) is 0 Å². The molecule has 1 aromatic rings. The van der Waals surface area contributed by atoms with Crippen LogP contribution in [0, 0.1) is 0 Å². The summed E-state index contributed by atoms with van der Waals surface area (Å²) in [6.07, 6.45) is 3.27. The van der Waals surface area contributed by atoms with Gasteiger partial charge in [0, 0.05) is 36.8 Å². The highest BCUT2D eigenvalue weighted by Gasteiger charge is 2.31. The summed E-state index contributed by atoms with van der Waals surface area (Å²) >= 11 is 0. The first-order valence-corrected chi connectivity index (χ1v) is 6.70. The highest BCUT2D eigenvalue weighted by atomic mass is 16.3. The fourth-order valence-electron chi connectivity index (χ4n) is 3.03. The maximum atomic E-state index is 12.4. The van der Waals surface area contributed by atoms with Gasteiger partial charge in [0.1, 0.15) is 11.5 Å². The molecule has 102 valence electrons. The van der Waals surface area contributed by atoms with E-state index in [1.807, 2.05) is 4.90 Å². The van der Waals surface area contributed by atoms with E-state index in [1.165, 1.54) is 24.6 Å². The van der Waals surface area contributed by atoms with Gasteiger partial charge in [0.15, 0.2) is 0 Å². The van der Waals surface area contributed by atoms with Crippen molar-refractivity contribution in [3.05, 3.63) is 23.8 Å². The summed E-state index contributed by atoms with van der Waals surface area (Å²) in [4.78, 5) is 14.2. The summed E-state index contributed by atoms with van der Waals surface area (Å²) in [7, 11) is 0. The van der Waals surface area contributed by atoms with Crippen LogP contribution < -0.4 is 5.32 Å². The van der Waals surface area contributed by atoms with Crippen molar-refractivity contribution >= 4 is 5.91 Å². The first-order valence-electron chi connectivity index (χ1n) is 6.70. The van der Waals surface area contributed by atoms with Gasteiger partial charge in [0.2, 0.25) is 0 Å². The normalized spacial score (nSPS) is 26.2. The van der Waals surface area contributed by atoms with Crippen molar-refractivity contribution in [1.82, 2.24) is 10.2 Å². The summed E-state index contributed by atoms with van der Waals surface area (Å²) in [6, 6.07) is 4.93. The summed E-state index contributed by atoms with van der Waals surface area (Å²) in [5.74, 6) is -0.295. The van der Waals surface area contributed by atoms with Crippen LogP contribution in [0.2, 0.25) is 0 Å². The number of nitrogens with one attached hydrogen (secondary N) is 1. The highest BCUT2D eigenvalue weighted by molar-refractivity contribution is 5.95. The van der Waals surface area contributed by atoms with Gasteiger partial charge < -0.3 is 20.4 Å². The third-order valence-corrected chi connectivity index (χ3v) is 3.96. The van der Waals surface area contributed by atoms with Gasteiger partial charge in [-0.25, -0.2) is 0 Å². The molecule has 5 heteroatoms. The van der Waals surface area contributed by atoms with E-state index >= 15 is 0 Å². The number of likely N-dealkylation sites (tertiary alicyclic amines) is 1. The van der Waals surface area contributed by atoms with Gasteiger partial charge in [-0.05, 0) is 31.4 Å². The zero-order chi connectivity index (χ0) is 13.4. The number of phenolic OH excluding ortho intramolecular Hbond substituents is 2. The van der Waals surface area contributed by atoms with Gasteiger partial charge in [-0.1, -0.05) is 0 Å². The van der Waals surface area contributed by atoms with E-state index in [9.17, 15) is 15.0 Å². The molecule has 2 heterocycles. The lowest BCUT2D eigenvalue weighted by Crippen LogP contribution is -2.39. The van der Waals surface area contributed by atoms with Crippen LogP contribution in [0.15, 0.2) is 18.2 Å². The molecule has 5 nitrogen and oxygen atoms in total. The number of benzene rings is 1. The minimum Gasteiger partial charge on any atom is -0.508 e. The Kier molecular flexibility index (Phi) is 3.06. The van der Waals surface area contributed by atoms with E-state index in [-0.39, 0.29) is 17.4 Å². The number of carbonyl (C=O) groups excluding carboxylic acids is 1. The van der Waals surface area contributed by atoms with Crippen molar-refractivity contribution in [3.8, 4) is 11.5 Å². The molecule has 19 heavy (non-hydrogen) atoms. The molecular formula is C14H18N2O3. The molecule has 0 aliphatic carbocycles. The number of nitrogens with zero attached hydrogens (tertiary/aromatic N) is 1. The molecule has 2 aliphatic heterocycles. The molecular weight excluding hydrogens is 244 g/mol. The van der Waals surface area contributed by atoms with E-state index in [2.05, 4.69) is 5.32 Å². The number of phenols is 2. The SMILES string of the molecule is O=C(c1cc(O)cc(O)c1)N1CCC2CCC(C1)N2. The van der Waals surface area contributed by atoms with Gasteiger partial charge in [-0.15, -0.1) is 0 Å². The number of hydrogen-bond acceptors (Lipinski definition) is 4. The fraction of sp³-hybridized carbons (Fsp3) is 0.500. The van der Waals surface area contributed by atoms with Crippen LogP contribution in [-0.4, -0.2) is 46.2 Å². The zero-order valence-electron chi connectivity index (χ0n) is 10.7. The van der Waals surface area contributed by atoms with Crippen molar-refractivity contribution in [3.63, 3.8) is 0 Å². The number of aromatic hydroxyl groups is 2. The lowest BCUT2D eigenvalue weighted by Gasteiger charge is -2.24. The number of hydrogen-bond donors (Lipinski definition) is 3. The van der Waals surface area contributed by atoms with Gasteiger partial charge in [0.05, 0.1) is 0 Å². The van der Waals surface area contributed by atoms with Crippen LogP contribution in [0.4, 0.5) is 0 Å². The molecule has 1 aromatic carbocycles. The van der Waals surface area contributed by atoms with Crippen molar-refractivity contribution in [2.24, 2.45) is 0 Å². The molecule has 0 saturated carbocycles. The maximum absolute atomic E-state index is 12.4. The van der Waals surface area contributed by atoms with E-state index in [1.54, 1.807) is 0 Å². The average Bonchev–Trinajstić information content (AvgIpc) is 2.67. The molecule has 0 aromatic heterocycles. The minimum absolute atomic E-state index is 0.0854. The molecule has 0 spiro atoms. The average molecular weight is 262 g/mol. The topological polar surface area (TPSA) is 72.8 Å². The molecule has 2 saturated heterocycles. The number of fused-ring (bicyclic) bond motifs is 2. The maximum Gasteiger partial charge on any atom is 0.254 e. The second-order valence-electron chi connectivity index (χ2n) is 5.42. The van der Waals surface area contributed by atoms with Crippen molar-refractivity contribution in [2.75, 3.05) is 13.1 Å². The Hall–Kier alpha value is -1.75. The second kappa shape index (κ2) is 4.74. The second-order valence-corrected chi connectivity index (χ2v) is 5.42. The number of rotatable bonds is 1. The molecule has 2 atom stereocenters. The van der Waals surface area contributed by atoms with Crippen molar-refractivity contribution in [2.45, 2.75) is 31.3 Å². The van der Waals surface area contributed by atoms with Crippen molar-refractivity contribution < 1.29 is 15.0 Å². The summed E-state index contributed by atoms with van der Waals surface area (Å²) < 4.78 is 0. The third-order valence-electron chi connectivity index (χ3n) is 3.96. The Morgan fingerprint density at radius 1 is 1.11 bits per heavy atom. The highest BCUT2D eigenvalue weighted by Crippen LogP contribution is 2.24. The van der Waals surface area contributed by atoms with E-state index in [4.69, 9.17) is 0 Å².